The molecule has 0 unspecified atom stereocenters. The van der Waals surface area contributed by atoms with Crippen LogP contribution in [-0.4, -0.2) is 85.1 Å². The first-order valence-electron chi connectivity index (χ1n) is 17.2. The van der Waals surface area contributed by atoms with Crippen molar-refractivity contribution >= 4 is 34.7 Å². The normalized spacial score (nSPS) is 22.2. The minimum absolute atomic E-state index is 0. The van der Waals surface area contributed by atoms with E-state index < -0.39 is 5.25 Å². The number of thioether (sulfide) groups is 1. The molecule has 3 saturated heterocycles. The predicted octanol–water partition coefficient (Wildman–Crippen LogP) is 6.58. The number of carbonyl (C=O) groups excluding carboxylic acids is 2. The van der Waals surface area contributed by atoms with Crippen molar-refractivity contribution in [2.24, 2.45) is 5.41 Å². The van der Waals surface area contributed by atoms with Crippen molar-refractivity contribution in [2.45, 2.75) is 102 Å². The van der Waals surface area contributed by atoms with Crippen molar-refractivity contribution in [1.29, 1.82) is 0 Å². The van der Waals surface area contributed by atoms with Crippen molar-refractivity contribution in [3.05, 3.63) is 64.0 Å². The molecule has 258 valence electrons. The first kappa shape index (κ1) is 33.7. The Hall–Kier alpha value is -3.18. The summed E-state index contributed by atoms with van der Waals surface area (Å²) >= 11 is 1.51. The van der Waals surface area contributed by atoms with Crippen molar-refractivity contribution in [3.8, 4) is 0 Å². The number of rotatable bonds is 8. The number of hydrogen-bond donors (Lipinski definition) is 1. The minimum Gasteiger partial charge on any atom is -0.342 e. The number of hydrogen-bond acceptors (Lipinski definition) is 6. The molecule has 1 aromatic carbocycles. The molecule has 1 N–H and O–H groups in total. The summed E-state index contributed by atoms with van der Waals surface area (Å²) in [7, 11) is 0. The van der Waals surface area contributed by atoms with Crippen LogP contribution in [0.4, 0.5) is 4.39 Å². The van der Waals surface area contributed by atoms with Gasteiger partial charge in [-0.3, -0.25) is 19.1 Å². The number of aromatic amines is 1. The number of halogens is 1. The van der Waals surface area contributed by atoms with Crippen LogP contribution >= 0.6 is 11.8 Å². The zero-order valence-electron chi connectivity index (χ0n) is 28.4. The van der Waals surface area contributed by atoms with Crippen LogP contribution in [0.15, 0.2) is 41.3 Å². The third kappa shape index (κ3) is 7.16. The smallest absolute Gasteiger partial charge is 0.327 e. The summed E-state index contributed by atoms with van der Waals surface area (Å²) in [5.41, 5.74) is 2.82. The highest BCUT2D eigenvalue weighted by atomic mass is 32.2. The Labute approximate surface area is 284 Å². The van der Waals surface area contributed by atoms with Gasteiger partial charge in [-0.25, -0.2) is 14.2 Å². The highest BCUT2D eigenvalue weighted by Gasteiger charge is 2.44. The molecule has 0 aliphatic carbocycles. The van der Waals surface area contributed by atoms with Gasteiger partial charge >= 0.3 is 5.69 Å². The van der Waals surface area contributed by atoms with Crippen LogP contribution < -0.4 is 5.69 Å². The van der Waals surface area contributed by atoms with E-state index in [4.69, 9.17) is 0 Å². The fourth-order valence-electron chi connectivity index (χ4n) is 7.53. The highest BCUT2D eigenvalue weighted by Crippen LogP contribution is 2.48. The summed E-state index contributed by atoms with van der Waals surface area (Å²) in [6.45, 7) is 14.4. The Bertz CT molecular complexity index is 1660. The number of nitrogens with one attached hydrogen (secondary N) is 1. The quantitative estimate of drug-likeness (QED) is 0.292. The number of fused-ring (bicyclic) bond motifs is 1. The Morgan fingerprint density at radius 2 is 1.79 bits per heavy atom. The topological polar surface area (TPSA) is 94.5 Å². The van der Waals surface area contributed by atoms with Crippen molar-refractivity contribution in [2.75, 3.05) is 32.7 Å². The summed E-state index contributed by atoms with van der Waals surface area (Å²) in [4.78, 5) is 53.8. The Balaban J connectivity index is 0.00000270. The van der Waals surface area contributed by atoms with Gasteiger partial charge in [0, 0.05) is 47.2 Å². The van der Waals surface area contributed by atoms with E-state index in [1.165, 1.54) is 11.8 Å². The molecular formula is C36H53FN6O3S. The van der Waals surface area contributed by atoms with Crippen molar-refractivity contribution in [3.63, 3.8) is 0 Å². The predicted molar refractivity (Wildman–Crippen MR) is 189 cm³/mol. The van der Waals surface area contributed by atoms with Gasteiger partial charge in [-0.15, -0.1) is 11.8 Å². The number of nitrogens with zero attached hydrogens (tertiary/aromatic N) is 5. The summed E-state index contributed by atoms with van der Waals surface area (Å²) < 4.78 is 17.5. The molecule has 5 heterocycles. The van der Waals surface area contributed by atoms with Gasteiger partial charge < -0.3 is 14.7 Å². The highest BCUT2D eigenvalue weighted by molar-refractivity contribution is 8.01. The van der Waals surface area contributed by atoms with E-state index in [9.17, 15) is 14.4 Å². The van der Waals surface area contributed by atoms with E-state index in [1.54, 1.807) is 22.9 Å². The molecule has 2 atom stereocenters. The molecule has 3 fully saturated rings. The second kappa shape index (κ2) is 13.7. The van der Waals surface area contributed by atoms with E-state index in [0.29, 0.717) is 44.2 Å². The SMILES string of the molecule is CC(C)N1CCC(c2c(F)cccc2[C@H]2S[C@@H](CC(=O)N3CCC(n4c(=O)[nH]c5ncccc54)CC3)C(=O)N2CCC(C)(C)C)CC1.[HH].[HH]. The molecule has 9 nitrogen and oxygen atoms in total. The van der Waals surface area contributed by atoms with Crippen LogP contribution in [0.2, 0.25) is 0 Å². The minimum atomic E-state index is -0.522. The molecule has 3 aromatic rings. The van der Waals surface area contributed by atoms with E-state index in [1.807, 2.05) is 28.0 Å². The van der Waals surface area contributed by atoms with E-state index in [-0.39, 0.29) is 55.3 Å². The van der Waals surface area contributed by atoms with Gasteiger partial charge in [0.1, 0.15) is 11.2 Å². The van der Waals surface area contributed by atoms with Gasteiger partial charge in [0.2, 0.25) is 11.8 Å². The lowest BCUT2D eigenvalue weighted by atomic mass is 9.85. The fourth-order valence-corrected chi connectivity index (χ4v) is 9.04. The van der Waals surface area contributed by atoms with Crippen LogP contribution in [-0.2, 0) is 9.59 Å². The molecule has 11 heteroatoms. The summed E-state index contributed by atoms with van der Waals surface area (Å²) in [5, 5.41) is -0.851. The number of aromatic nitrogens is 3. The van der Waals surface area contributed by atoms with E-state index >= 15 is 4.39 Å². The average molecular weight is 669 g/mol. The lowest BCUT2D eigenvalue weighted by Crippen LogP contribution is -2.42. The number of imidazole rings is 1. The van der Waals surface area contributed by atoms with E-state index in [0.717, 1.165) is 49.0 Å². The second-order valence-electron chi connectivity index (χ2n) is 15.0. The Morgan fingerprint density at radius 3 is 2.47 bits per heavy atom. The third-order valence-corrected chi connectivity index (χ3v) is 11.8. The molecule has 3 aliphatic heterocycles. The maximum atomic E-state index is 15.7. The van der Waals surface area contributed by atoms with Crippen LogP contribution in [0.1, 0.15) is 104 Å². The lowest BCUT2D eigenvalue weighted by Gasteiger charge is -2.36. The largest absolute Gasteiger partial charge is 0.342 e. The Morgan fingerprint density at radius 1 is 1.06 bits per heavy atom. The molecule has 0 spiro atoms. The molecule has 2 aromatic heterocycles. The van der Waals surface area contributed by atoms with Crippen LogP contribution in [0, 0.1) is 11.2 Å². The molecule has 47 heavy (non-hydrogen) atoms. The van der Waals surface area contributed by atoms with Gasteiger partial charge in [-0.05, 0) is 99.7 Å². The number of piperidine rings is 2. The number of benzene rings is 1. The number of pyridine rings is 1. The third-order valence-electron chi connectivity index (χ3n) is 10.3. The molecule has 2 amide bonds. The first-order valence-corrected chi connectivity index (χ1v) is 18.2. The van der Waals surface area contributed by atoms with Gasteiger partial charge in [-0.2, -0.15) is 0 Å². The monoisotopic (exact) mass is 668 g/mol. The zero-order valence-corrected chi connectivity index (χ0v) is 29.2. The number of H-pyrrole nitrogens is 1. The van der Waals surface area contributed by atoms with Gasteiger partial charge in [0.05, 0.1) is 10.8 Å². The number of likely N-dealkylation sites (tertiary alicyclic amines) is 2. The lowest BCUT2D eigenvalue weighted by molar-refractivity contribution is -0.136. The van der Waals surface area contributed by atoms with E-state index in [2.05, 4.69) is 49.5 Å². The van der Waals surface area contributed by atoms with Gasteiger partial charge in [0.25, 0.3) is 0 Å². The second-order valence-corrected chi connectivity index (χ2v) is 16.2. The Kier molecular flexibility index (Phi) is 9.86. The van der Waals surface area contributed by atoms with Crippen LogP contribution in [0.3, 0.4) is 0 Å². The molecule has 6 rings (SSSR count). The number of carbonyl (C=O) groups is 2. The maximum Gasteiger partial charge on any atom is 0.327 e. The maximum absolute atomic E-state index is 15.7. The summed E-state index contributed by atoms with van der Waals surface area (Å²) in [6, 6.07) is 9.47. The fraction of sp³-hybridized carbons (Fsp3) is 0.611. The zero-order chi connectivity index (χ0) is 33.5. The van der Waals surface area contributed by atoms with Gasteiger partial charge in [-0.1, -0.05) is 32.9 Å². The molecule has 3 aliphatic rings. The molecule has 0 bridgehead atoms. The van der Waals surface area contributed by atoms with Crippen LogP contribution in [0.25, 0.3) is 11.2 Å². The van der Waals surface area contributed by atoms with Crippen molar-refractivity contribution < 1.29 is 16.8 Å². The van der Waals surface area contributed by atoms with Crippen LogP contribution in [0.5, 0.6) is 0 Å². The van der Waals surface area contributed by atoms with Crippen molar-refractivity contribution in [1.82, 2.24) is 29.2 Å². The summed E-state index contributed by atoms with van der Waals surface area (Å²) in [6.07, 6.45) is 5.67. The van der Waals surface area contributed by atoms with Gasteiger partial charge in [0.15, 0.2) is 5.65 Å². The molecule has 0 saturated carbocycles. The molecule has 0 radical (unpaired) electrons. The molecular weight excluding hydrogens is 616 g/mol. The standard InChI is InChI=1S/C36H49FN6O3S.2H2/c1-23(2)40-17-11-24(12-18-40)31-26(8-6-9-27(31)37)34-42(21-15-36(3,4)5)33(45)29(47-34)22-30(44)41-19-13-25(14-20-41)43-28-10-7-16-38-32(28)39-35(43)46;;/h6-10,16,23-25,29,34H,11-15,17-22H2,1-5H3,(H,38,39,46);2*1H/t29-,34+;;/m0../s1. The average Bonchev–Trinajstić information content (AvgIpc) is 3.54. The number of amides is 2. The first-order chi connectivity index (χ1) is 22.4. The summed E-state index contributed by atoms with van der Waals surface area (Å²) in [5.74, 6) is -0.167.